The highest BCUT2D eigenvalue weighted by Gasteiger charge is 2.37. The summed E-state index contributed by atoms with van der Waals surface area (Å²) in [5.41, 5.74) is -0.108. The largest absolute Gasteiger partial charge is 0.433 e. The van der Waals surface area contributed by atoms with Gasteiger partial charge in [-0.1, -0.05) is 18.5 Å². The molecular weight excluding hydrogens is 481 g/mol. The van der Waals surface area contributed by atoms with Crippen LogP contribution in [0.5, 0.6) is 0 Å². The van der Waals surface area contributed by atoms with E-state index < -0.39 is 11.9 Å². The summed E-state index contributed by atoms with van der Waals surface area (Å²) in [6.07, 6.45) is 1.21. The molecule has 184 valence electrons. The molecule has 2 aromatic heterocycles. The first kappa shape index (κ1) is 24.8. The summed E-state index contributed by atoms with van der Waals surface area (Å²) in [5, 5.41) is 3.29. The van der Waals surface area contributed by atoms with Gasteiger partial charge in [-0.2, -0.15) is 13.2 Å². The number of likely N-dealkylation sites (tertiary alicyclic amines) is 1. The molecule has 3 aromatic rings. The van der Waals surface area contributed by atoms with Gasteiger partial charge in [0.2, 0.25) is 5.95 Å². The summed E-state index contributed by atoms with van der Waals surface area (Å²) in [7, 11) is 0. The number of alkyl halides is 3. The Bertz CT molecular complexity index is 1190. The topological polar surface area (TPSA) is 83.9 Å². The Kier molecular flexibility index (Phi) is 7.20. The Labute approximate surface area is 205 Å². The van der Waals surface area contributed by atoms with Crippen molar-refractivity contribution < 1.29 is 18.0 Å². The number of hydrogen-bond acceptors (Lipinski definition) is 6. The molecule has 1 N–H and O–H groups in total. The van der Waals surface area contributed by atoms with E-state index in [1.807, 2.05) is 6.92 Å². The molecule has 1 amide bonds. The van der Waals surface area contributed by atoms with Crippen molar-refractivity contribution in [1.29, 1.82) is 0 Å². The maximum Gasteiger partial charge on any atom is 0.433 e. The third kappa shape index (κ3) is 5.53. The molecule has 1 aliphatic rings. The van der Waals surface area contributed by atoms with E-state index >= 15 is 0 Å². The van der Waals surface area contributed by atoms with Crippen molar-refractivity contribution in [3.05, 3.63) is 65.2 Å². The van der Waals surface area contributed by atoms with E-state index in [0.29, 0.717) is 28.4 Å². The zero-order valence-corrected chi connectivity index (χ0v) is 19.9. The zero-order chi connectivity index (χ0) is 25.2. The monoisotopic (exact) mass is 504 g/mol. The summed E-state index contributed by atoms with van der Waals surface area (Å²) < 4.78 is 39.1. The lowest BCUT2D eigenvalue weighted by Gasteiger charge is -2.44. The highest BCUT2D eigenvalue weighted by molar-refractivity contribution is 6.31. The Hall–Kier alpha value is -3.27. The van der Waals surface area contributed by atoms with Crippen molar-refractivity contribution in [2.24, 2.45) is 5.92 Å². The second kappa shape index (κ2) is 10.2. The van der Waals surface area contributed by atoms with Crippen LogP contribution in [0.4, 0.5) is 19.1 Å². The first-order valence-electron chi connectivity index (χ1n) is 11.2. The van der Waals surface area contributed by atoms with E-state index in [4.69, 9.17) is 11.6 Å². The first-order chi connectivity index (χ1) is 16.6. The van der Waals surface area contributed by atoms with Gasteiger partial charge in [0.1, 0.15) is 5.69 Å². The number of aromatic nitrogens is 4. The molecule has 1 aliphatic heterocycles. The Morgan fingerprint density at radius 1 is 1.11 bits per heavy atom. The maximum atomic E-state index is 13.9. The van der Waals surface area contributed by atoms with Crippen LogP contribution in [0.1, 0.15) is 42.7 Å². The SMILES string of the molecule is CC1[C@@H](C)CC[C@@H](CNc2nccc(C(F)(F)F)n2)N1C(=O)c1cc(Cl)ccc1-c1ncccn1. The molecule has 3 heterocycles. The van der Waals surface area contributed by atoms with Gasteiger partial charge in [-0.05, 0) is 56.0 Å². The fourth-order valence-electron chi connectivity index (χ4n) is 4.27. The molecule has 1 unspecified atom stereocenters. The van der Waals surface area contributed by atoms with E-state index in [9.17, 15) is 18.0 Å². The van der Waals surface area contributed by atoms with E-state index in [1.165, 1.54) is 0 Å². The summed E-state index contributed by atoms with van der Waals surface area (Å²) in [5.74, 6) is 0.248. The lowest BCUT2D eigenvalue weighted by Crippen LogP contribution is -2.54. The molecule has 35 heavy (non-hydrogen) atoms. The minimum Gasteiger partial charge on any atom is -0.352 e. The van der Waals surface area contributed by atoms with Crippen LogP contribution in [0.25, 0.3) is 11.4 Å². The van der Waals surface area contributed by atoms with Crippen LogP contribution in [0.15, 0.2) is 48.9 Å². The molecule has 0 radical (unpaired) electrons. The molecule has 1 saturated heterocycles. The summed E-state index contributed by atoms with van der Waals surface area (Å²) in [6.45, 7) is 4.24. The smallest absolute Gasteiger partial charge is 0.352 e. The van der Waals surface area contributed by atoms with Gasteiger partial charge < -0.3 is 10.2 Å². The summed E-state index contributed by atoms with van der Waals surface area (Å²) in [6, 6.07) is 7.08. The molecule has 7 nitrogen and oxygen atoms in total. The number of piperidine rings is 1. The molecule has 0 bridgehead atoms. The van der Waals surface area contributed by atoms with Crippen molar-refractivity contribution in [2.75, 3.05) is 11.9 Å². The molecule has 1 fully saturated rings. The number of halogens is 4. The van der Waals surface area contributed by atoms with Crippen molar-refractivity contribution in [3.63, 3.8) is 0 Å². The number of benzene rings is 1. The van der Waals surface area contributed by atoms with Crippen LogP contribution >= 0.6 is 11.6 Å². The average Bonchev–Trinajstić information content (AvgIpc) is 2.84. The number of carbonyl (C=O) groups excluding carboxylic acids is 1. The number of carbonyl (C=O) groups is 1. The van der Waals surface area contributed by atoms with Crippen LogP contribution in [0, 0.1) is 5.92 Å². The van der Waals surface area contributed by atoms with E-state index in [0.717, 1.165) is 18.7 Å². The Morgan fingerprint density at radius 2 is 1.86 bits per heavy atom. The minimum atomic E-state index is -4.57. The highest BCUT2D eigenvalue weighted by atomic mass is 35.5. The Morgan fingerprint density at radius 3 is 2.57 bits per heavy atom. The van der Waals surface area contributed by atoms with Crippen molar-refractivity contribution in [3.8, 4) is 11.4 Å². The lowest BCUT2D eigenvalue weighted by atomic mass is 9.86. The van der Waals surface area contributed by atoms with Crippen molar-refractivity contribution in [1.82, 2.24) is 24.8 Å². The van der Waals surface area contributed by atoms with Gasteiger partial charge in [0.25, 0.3) is 5.91 Å². The fourth-order valence-corrected chi connectivity index (χ4v) is 4.44. The van der Waals surface area contributed by atoms with E-state index in [1.54, 1.807) is 41.6 Å². The lowest BCUT2D eigenvalue weighted by molar-refractivity contribution is -0.141. The van der Waals surface area contributed by atoms with Crippen LogP contribution < -0.4 is 5.32 Å². The van der Waals surface area contributed by atoms with Gasteiger partial charge in [0.05, 0.1) is 5.56 Å². The number of rotatable bonds is 5. The molecule has 1 aromatic carbocycles. The van der Waals surface area contributed by atoms with Crippen LogP contribution in [0.2, 0.25) is 5.02 Å². The normalized spacial score (nSPS) is 20.5. The number of amides is 1. The second-order valence-corrected chi connectivity index (χ2v) is 9.00. The quantitative estimate of drug-likeness (QED) is 0.504. The van der Waals surface area contributed by atoms with Gasteiger partial charge in [-0.25, -0.2) is 19.9 Å². The molecule has 11 heteroatoms. The van der Waals surface area contributed by atoms with Gasteiger partial charge in [-0.15, -0.1) is 0 Å². The van der Waals surface area contributed by atoms with Crippen LogP contribution in [-0.2, 0) is 6.18 Å². The molecule has 0 saturated carbocycles. The Balaban J connectivity index is 1.63. The molecule has 0 spiro atoms. The zero-order valence-electron chi connectivity index (χ0n) is 19.1. The van der Waals surface area contributed by atoms with Crippen molar-refractivity contribution >= 4 is 23.5 Å². The van der Waals surface area contributed by atoms with E-state index in [2.05, 4.69) is 32.2 Å². The molecular formula is C24H24ClF3N6O. The summed E-state index contributed by atoms with van der Waals surface area (Å²) in [4.78, 5) is 31.7. The van der Waals surface area contributed by atoms with Gasteiger partial charge in [-0.3, -0.25) is 4.79 Å². The standard InChI is InChI=1S/C24H24ClF3N6O/c1-14-4-6-17(13-32-23-31-11-8-20(33-23)24(26,27)28)34(15(14)2)22(35)19-12-16(25)5-7-18(19)21-29-9-3-10-30-21/h3,5,7-12,14-15,17H,4,6,13H2,1-2H3,(H,31,32,33)/t14-,15?,17-/m0/s1. The van der Waals surface area contributed by atoms with Crippen LogP contribution in [-0.4, -0.2) is 49.4 Å². The highest BCUT2D eigenvalue weighted by Crippen LogP contribution is 2.33. The van der Waals surface area contributed by atoms with Crippen molar-refractivity contribution in [2.45, 2.75) is 44.9 Å². The number of hydrogen-bond donors (Lipinski definition) is 1. The second-order valence-electron chi connectivity index (χ2n) is 8.57. The van der Waals surface area contributed by atoms with Gasteiger partial charge in [0, 0.05) is 47.8 Å². The van der Waals surface area contributed by atoms with Gasteiger partial charge >= 0.3 is 6.18 Å². The first-order valence-corrected chi connectivity index (χ1v) is 11.6. The molecule has 4 rings (SSSR count). The van der Waals surface area contributed by atoms with Gasteiger partial charge in [0.15, 0.2) is 5.82 Å². The summed E-state index contributed by atoms with van der Waals surface area (Å²) >= 11 is 6.25. The molecule has 3 atom stereocenters. The maximum absolute atomic E-state index is 13.9. The number of nitrogens with zero attached hydrogens (tertiary/aromatic N) is 5. The van der Waals surface area contributed by atoms with E-state index in [-0.39, 0.29) is 36.4 Å². The third-order valence-electron chi connectivity index (χ3n) is 6.31. The third-order valence-corrected chi connectivity index (χ3v) is 6.54. The average molecular weight is 505 g/mol. The predicted octanol–water partition coefficient (Wildman–Crippen LogP) is 5.35. The minimum absolute atomic E-state index is 0.117. The predicted molar refractivity (Wildman–Crippen MR) is 126 cm³/mol. The molecule has 0 aliphatic carbocycles. The van der Waals surface area contributed by atoms with Crippen LogP contribution in [0.3, 0.4) is 0 Å². The number of anilines is 1. The fraction of sp³-hybridized carbons (Fsp3) is 0.375. The number of nitrogens with one attached hydrogen (secondary N) is 1.